The molecule has 1 aromatic heterocycles. The normalized spacial score (nSPS) is 27.3. The molecule has 0 aliphatic carbocycles. The zero-order valence-corrected chi connectivity index (χ0v) is 19.5. The molecule has 1 fully saturated rings. The van der Waals surface area contributed by atoms with Crippen LogP contribution >= 0.6 is 0 Å². The van der Waals surface area contributed by atoms with E-state index in [1.165, 1.54) is 5.57 Å². The first-order valence-corrected chi connectivity index (χ1v) is 11.3. The van der Waals surface area contributed by atoms with Gasteiger partial charge < -0.3 is 19.9 Å². The number of hydrogen-bond acceptors (Lipinski definition) is 6. The van der Waals surface area contributed by atoms with Crippen molar-refractivity contribution in [2.24, 2.45) is 16.8 Å². The number of ether oxygens (including phenoxy) is 1. The highest BCUT2D eigenvalue weighted by atomic mass is 16.5. The van der Waals surface area contributed by atoms with E-state index in [2.05, 4.69) is 54.8 Å². The third kappa shape index (κ3) is 3.88. The molecule has 1 N–H and O–H groups in total. The van der Waals surface area contributed by atoms with E-state index in [1.54, 1.807) is 12.3 Å². The van der Waals surface area contributed by atoms with Gasteiger partial charge in [0.25, 0.3) is 0 Å². The van der Waals surface area contributed by atoms with Crippen LogP contribution in [0.4, 0.5) is 10.6 Å². The Morgan fingerprint density at radius 3 is 2.81 bits per heavy atom. The van der Waals surface area contributed by atoms with Crippen LogP contribution in [0.15, 0.2) is 28.4 Å². The third-order valence-electron chi connectivity index (χ3n) is 7.11. The SMILES string of the molecule is CCOc1nccc(NC2=NCC3=C2CN(C(=O)N2C[C@@H](C)C(C)C[C@@H]2C)C3(C)C)n1. The highest BCUT2D eigenvalue weighted by molar-refractivity contribution is 6.11. The molecule has 8 nitrogen and oxygen atoms in total. The van der Waals surface area contributed by atoms with Crippen LogP contribution in [0.2, 0.25) is 0 Å². The summed E-state index contributed by atoms with van der Waals surface area (Å²) in [6, 6.07) is 2.52. The fourth-order valence-electron chi connectivity index (χ4n) is 4.89. The average Bonchev–Trinajstić information content (AvgIpc) is 3.23. The monoisotopic (exact) mass is 426 g/mol. The van der Waals surface area contributed by atoms with Gasteiger partial charge in [0, 0.05) is 24.4 Å². The second-order valence-electron chi connectivity index (χ2n) is 9.52. The highest BCUT2D eigenvalue weighted by Crippen LogP contribution is 2.40. The Morgan fingerprint density at radius 2 is 2.06 bits per heavy atom. The largest absolute Gasteiger partial charge is 0.464 e. The van der Waals surface area contributed by atoms with Crippen molar-refractivity contribution in [1.82, 2.24) is 19.8 Å². The smallest absolute Gasteiger partial charge is 0.321 e. The predicted molar refractivity (Wildman–Crippen MR) is 121 cm³/mol. The number of likely N-dealkylation sites (tertiary alicyclic amines) is 1. The Bertz CT molecular complexity index is 924. The molecule has 0 bridgehead atoms. The fourth-order valence-corrected chi connectivity index (χ4v) is 4.89. The number of nitrogens with one attached hydrogen (secondary N) is 1. The number of urea groups is 1. The van der Waals surface area contributed by atoms with E-state index in [-0.39, 0.29) is 17.6 Å². The van der Waals surface area contributed by atoms with Crippen molar-refractivity contribution in [3.8, 4) is 6.01 Å². The molecule has 31 heavy (non-hydrogen) atoms. The lowest BCUT2D eigenvalue weighted by molar-refractivity contribution is 0.0710. The van der Waals surface area contributed by atoms with E-state index in [0.29, 0.717) is 43.4 Å². The molecule has 4 rings (SSSR count). The molecule has 3 aliphatic rings. The lowest BCUT2D eigenvalue weighted by Gasteiger charge is -2.45. The van der Waals surface area contributed by atoms with Gasteiger partial charge in [0.05, 0.1) is 25.2 Å². The summed E-state index contributed by atoms with van der Waals surface area (Å²) >= 11 is 0. The summed E-state index contributed by atoms with van der Waals surface area (Å²) in [6.45, 7) is 15.4. The van der Waals surface area contributed by atoms with E-state index in [0.717, 1.165) is 24.4 Å². The van der Waals surface area contributed by atoms with Crippen molar-refractivity contribution in [1.29, 1.82) is 0 Å². The maximum absolute atomic E-state index is 13.6. The van der Waals surface area contributed by atoms with Gasteiger partial charge in [0.2, 0.25) is 0 Å². The molecule has 0 spiro atoms. The molecule has 3 aliphatic heterocycles. The standard InChI is InChI=1S/C23H34N6O2/c1-7-31-21-24-9-8-19(27-21)26-20-17-13-29(23(5,6)18(17)11-25-20)22(30)28-12-15(3)14(2)10-16(28)4/h8-9,14-16H,7,10-13H2,1-6H3,(H,24,25,26,27)/t14?,15-,16+/m1/s1. The number of carbonyl (C=O) groups is 1. The number of anilines is 1. The highest BCUT2D eigenvalue weighted by Gasteiger charge is 2.47. The number of amidine groups is 1. The van der Waals surface area contributed by atoms with Crippen molar-refractivity contribution >= 4 is 17.7 Å². The van der Waals surface area contributed by atoms with Crippen LogP contribution in [0.5, 0.6) is 6.01 Å². The quantitative estimate of drug-likeness (QED) is 0.799. The van der Waals surface area contributed by atoms with Gasteiger partial charge in [-0.05, 0) is 57.6 Å². The summed E-state index contributed by atoms with van der Waals surface area (Å²) in [4.78, 5) is 30.9. The third-order valence-corrected chi connectivity index (χ3v) is 7.11. The van der Waals surface area contributed by atoms with Crippen LogP contribution in [-0.2, 0) is 0 Å². The van der Waals surface area contributed by atoms with E-state index < -0.39 is 0 Å². The first-order chi connectivity index (χ1) is 14.7. The first kappa shape index (κ1) is 21.6. The molecular formula is C23H34N6O2. The lowest BCUT2D eigenvalue weighted by atomic mass is 9.85. The lowest BCUT2D eigenvalue weighted by Crippen LogP contribution is -2.57. The number of aliphatic imine (C=N–C) groups is 1. The number of rotatable bonds is 3. The number of piperidine rings is 1. The van der Waals surface area contributed by atoms with Gasteiger partial charge in [-0.15, -0.1) is 0 Å². The topological polar surface area (TPSA) is 82.9 Å². The maximum Gasteiger partial charge on any atom is 0.321 e. The minimum absolute atomic E-state index is 0.130. The molecule has 1 aromatic rings. The van der Waals surface area contributed by atoms with Crippen molar-refractivity contribution in [2.45, 2.75) is 59.5 Å². The van der Waals surface area contributed by atoms with Crippen LogP contribution in [0.1, 0.15) is 48.0 Å². The van der Waals surface area contributed by atoms with E-state index in [1.807, 2.05) is 11.8 Å². The summed E-state index contributed by atoms with van der Waals surface area (Å²) in [6.07, 6.45) is 2.72. The Kier molecular flexibility index (Phi) is 5.66. The molecule has 3 atom stereocenters. The van der Waals surface area contributed by atoms with Gasteiger partial charge in [-0.25, -0.2) is 9.78 Å². The Labute approximate surface area is 184 Å². The maximum atomic E-state index is 13.6. The van der Waals surface area contributed by atoms with Gasteiger partial charge in [-0.2, -0.15) is 4.98 Å². The summed E-state index contributed by atoms with van der Waals surface area (Å²) in [5.41, 5.74) is 1.93. The summed E-state index contributed by atoms with van der Waals surface area (Å²) < 4.78 is 5.40. The van der Waals surface area contributed by atoms with E-state index >= 15 is 0 Å². The number of carbonyl (C=O) groups excluding carboxylic acids is 1. The fraction of sp³-hybridized carbons (Fsp3) is 0.652. The van der Waals surface area contributed by atoms with Crippen molar-refractivity contribution in [3.63, 3.8) is 0 Å². The molecule has 0 saturated carbocycles. The molecule has 1 unspecified atom stereocenters. The van der Waals surface area contributed by atoms with Gasteiger partial charge >= 0.3 is 12.0 Å². The molecule has 1 saturated heterocycles. The molecule has 4 heterocycles. The van der Waals surface area contributed by atoms with Gasteiger partial charge in [0.15, 0.2) is 0 Å². The second kappa shape index (κ2) is 8.13. The Balaban J connectivity index is 1.51. The predicted octanol–water partition coefficient (Wildman–Crippen LogP) is 3.58. The number of amides is 2. The van der Waals surface area contributed by atoms with E-state index in [4.69, 9.17) is 9.73 Å². The minimum atomic E-state index is -0.368. The molecule has 0 radical (unpaired) electrons. The van der Waals surface area contributed by atoms with Gasteiger partial charge in [-0.3, -0.25) is 4.99 Å². The number of aromatic nitrogens is 2. The van der Waals surface area contributed by atoms with Gasteiger partial charge in [0.1, 0.15) is 11.7 Å². The van der Waals surface area contributed by atoms with Crippen LogP contribution in [-0.4, -0.2) is 69.5 Å². The Hall–Kier alpha value is -2.64. The van der Waals surface area contributed by atoms with Crippen LogP contribution in [0, 0.1) is 11.8 Å². The molecule has 168 valence electrons. The average molecular weight is 427 g/mol. The number of nitrogens with zero attached hydrogens (tertiary/aromatic N) is 5. The zero-order valence-electron chi connectivity index (χ0n) is 19.5. The first-order valence-electron chi connectivity index (χ1n) is 11.3. The molecule has 2 amide bonds. The molecule has 8 heteroatoms. The second-order valence-corrected chi connectivity index (χ2v) is 9.52. The van der Waals surface area contributed by atoms with Crippen molar-refractivity contribution in [2.75, 3.05) is 31.6 Å². The van der Waals surface area contributed by atoms with Crippen LogP contribution in [0.3, 0.4) is 0 Å². The molecule has 0 aromatic carbocycles. The van der Waals surface area contributed by atoms with Crippen LogP contribution < -0.4 is 10.1 Å². The van der Waals surface area contributed by atoms with Crippen molar-refractivity contribution in [3.05, 3.63) is 23.4 Å². The van der Waals surface area contributed by atoms with Gasteiger partial charge in [-0.1, -0.05) is 13.8 Å². The van der Waals surface area contributed by atoms with Crippen LogP contribution in [0.25, 0.3) is 0 Å². The minimum Gasteiger partial charge on any atom is -0.464 e. The summed E-state index contributed by atoms with van der Waals surface area (Å²) in [5.74, 6) is 2.59. The number of hydrogen-bond donors (Lipinski definition) is 1. The van der Waals surface area contributed by atoms with E-state index in [9.17, 15) is 4.79 Å². The summed E-state index contributed by atoms with van der Waals surface area (Å²) in [5, 5.41) is 3.32. The summed E-state index contributed by atoms with van der Waals surface area (Å²) in [7, 11) is 0. The van der Waals surface area contributed by atoms with Crippen molar-refractivity contribution < 1.29 is 9.53 Å². The zero-order chi connectivity index (χ0) is 22.3. The Morgan fingerprint density at radius 1 is 1.29 bits per heavy atom. The molecular weight excluding hydrogens is 392 g/mol.